The van der Waals surface area contributed by atoms with Crippen LogP contribution in [0.25, 0.3) is 0 Å². The van der Waals surface area contributed by atoms with Gasteiger partial charge >= 0.3 is 18.2 Å². The summed E-state index contributed by atoms with van der Waals surface area (Å²) >= 11 is 0. The van der Waals surface area contributed by atoms with Gasteiger partial charge in [0.25, 0.3) is 6.43 Å². The first-order valence-electron chi connectivity index (χ1n) is 7.84. The van der Waals surface area contributed by atoms with E-state index in [9.17, 15) is 31.5 Å². The zero-order valence-corrected chi connectivity index (χ0v) is 14.1. The van der Waals surface area contributed by atoms with Crippen LogP contribution in [0.5, 0.6) is 5.75 Å². The molecule has 0 aliphatic carbocycles. The lowest BCUT2D eigenvalue weighted by atomic mass is 9.90. The number of carbonyl (C=O) groups is 2. The highest BCUT2D eigenvalue weighted by Gasteiger charge is 2.42. The number of urea groups is 1. The number of aliphatic carboxylic acids is 1. The van der Waals surface area contributed by atoms with Crippen molar-refractivity contribution >= 4 is 17.7 Å². The number of amides is 2. The Labute approximate surface area is 150 Å². The SMILES string of the molecule is CC1(C(=O)O)CCN(C(=O)Nc2ccc(OCC(F)F)c(C(F)(F)F)c2)C1. The van der Waals surface area contributed by atoms with Crippen molar-refractivity contribution in [2.75, 3.05) is 25.0 Å². The normalized spacial score (nSPS) is 20.0. The fourth-order valence-electron chi connectivity index (χ4n) is 2.62. The van der Waals surface area contributed by atoms with Gasteiger partial charge in [-0.1, -0.05) is 0 Å². The maximum atomic E-state index is 13.1. The number of benzene rings is 1. The maximum Gasteiger partial charge on any atom is 0.420 e. The highest BCUT2D eigenvalue weighted by atomic mass is 19.4. The number of anilines is 1. The molecule has 27 heavy (non-hydrogen) atoms. The Morgan fingerprint density at radius 2 is 2.04 bits per heavy atom. The van der Waals surface area contributed by atoms with E-state index in [1.54, 1.807) is 0 Å². The van der Waals surface area contributed by atoms with Crippen LogP contribution in [0.3, 0.4) is 0 Å². The van der Waals surface area contributed by atoms with Crippen LogP contribution < -0.4 is 10.1 Å². The molecular weight excluding hydrogens is 379 g/mol. The number of hydrogen-bond acceptors (Lipinski definition) is 3. The number of nitrogens with zero attached hydrogens (tertiary/aromatic N) is 1. The van der Waals surface area contributed by atoms with Gasteiger partial charge in [0.2, 0.25) is 0 Å². The van der Waals surface area contributed by atoms with Crippen molar-refractivity contribution < 1.29 is 41.4 Å². The molecule has 1 aliphatic rings. The molecule has 150 valence electrons. The molecule has 1 aliphatic heterocycles. The lowest BCUT2D eigenvalue weighted by molar-refractivity contribution is -0.147. The molecule has 1 atom stereocenters. The quantitative estimate of drug-likeness (QED) is 0.745. The Balaban J connectivity index is 2.15. The molecule has 0 radical (unpaired) electrons. The van der Waals surface area contributed by atoms with Crippen LogP contribution in [-0.4, -0.2) is 48.1 Å². The van der Waals surface area contributed by atoms with Crippen molar-refractivity contribution in [1.82, 2.24) is 4.90 Å². The van der Waals surface area contributed by atoms with E-state index in [2.05, 4.69) is 10.1 Å². The van der Waals surface area contributed by atoms with Crippen LogP contribution >= 0.6 is 0 Å². The van der Waals surface area contributed by atoms with Crippen molar-refractivity contribution in [2.24, 2.45) is 5.41 Å². The summed E-state index contributed by atoms with van der Waals surface area (Å²) in [5.74, 6) is -1.85. The average molecular weight is 396 g/mol. The van der Waals surface area contributed by atoms with Crippen molar-refractivity contribution in [3.63, 3.8) is 0 Å². The van der Waals surface area contributed by atoms with Gasteiger partial charge in [0.05, 0.1) is 11.0 Å². The first kappa shape index (κ1) is 20.7. The van der Waals surface area contributed by atoms with Crippen LogP contribution in [0.2, 0.25) is 0 Å². The maximum absolute atomic E-state index is 13.1. The van der Waals surface area contributed by atoms with E-state index < -0.39 is 47.9 Å². The molecule has 0 spiro atoms. The van der Waals surface area contributed by atoms with Gasteiger partial charge in [-0.05, 0) is 31.5 Å². The van der Waals surface area contributed by atoms with Crippen molar-refractivity contribution in [1.29, 1.82) is 0 Å². The van der Waals surface area contributed by atoms with Gasteiger partial charge in [0.15, 0.2) is 0 Å². The Morgan fingerprint density at radius 1 is 1.37 bits per heavy atom. The Bertz CT molecular complexity index is 725. The number of hydrogen-bond donors (Lipinski definition) is 2. The monoisotopic (exact) mass is 396 g/mol. The molecule has 1 unspecified atom stereocenters. The largest absolute Gasteiger partial charge is 0.487 e. The van der Waals surface area contributed by atoms with Gasteiger partial charge in [-0.2, -0.15) is 13.2 Å². The van der Waals surface area contributed by atoms with Crippen molar-refractivity contribution in [3.05, 3.63) is 23.8 Å². The third-order valence-electron chi connectivity index (χ3n) is 4.18. The smallest absolute Gasteiger partial charge is 0.420 e. The molecule has 1 saturated heterocycles. The molecular formula is C16H17F5N2O4. The summed E-state index contributed by atoms with van der Waals surface area (Å²) in [5.41, 5.74) is -2.65. The fourth-order valence-corrected chi connectivity index (χ4v) is 2.62. The Kier molecular flexibility index (Phi) is 5.81. The minimum absolute atomic E-state index is 0.0874. The van der Waals surface area contributed by atoms with Crippen LogP contribution in [0.4, 0.5) is 32.4 Å². The highest BCUT2D eigenvalue weighted by molar-refractivity contribution is 5.90. The molecule has 6 nitrogen and oxygen atoms in total. The van der Waals surface area contributed by atoms with E-state index in [1.807, 2.05) is 0 Å². The number of nitrogens with one attached hydrogen (secondary N) is 1. The predicted molar refractivity (Wildman–Crippen MR) is 83.9 cm³/mol. The fraction of sp³-hybridized carbons (Fsp3) is 0.500. The lowest BCUT2D eigenvalue weighted by Crippen LogP contribution is -2.37. The molecule has 2 rings (SSSR count). The number of alkyl halides is 5. The van der Waals surface area contributed by atoms with Gasteiger partial charge in [-0.25, -0.2) is 13.6 Å². The summed E-state index contributed by atoms with van der Waals surface area (Å²) in [6.45, 7) is 0.321. The highest BCUT2D eigenvalue weighted by Crippen LogP contribution is 2.38. The Hall–Kier alpha value is -2.59. The van der Waals surface area contributed by atoms with Gasteiger partial charge in [-0.3, -0.25) is 4.79 Å². The summed E-state index contributed by atoms with van der Waals surface area (Å²) in [6.07, 6.45) is -7.61. The summed E-state index contributed by atoms with van der Waals surface area (Å²) in [6, 6.07) is 1.74. The second kappa shape index (κ2) is 7.57. The lowest BCUT2D eigenvalue weighted by Gasteiger charge is -2.21. The van der Waals surface area contributed by atoms with Crippen LogP contribution in [0.15, 0.2) is 18.2 Å². The number of halogens is 5. The minimum Gasteiger partial charge on any atom is -0.487 e. The number of rotatable bonds is 5. The summed E-state index contributed by atoms with van der Waals surface area (Å²) in [5, 5.41) is 11.4. The number of carbonyl (C=O) groups excluding carboxylic acids is 1. The molecule has 1 heterocycles. The van der Waals surface area contributed by atoms with Crippen LogP contribution in [0, 0.1) is 5.41 Å². The number of carboxylic acid groups (broad SMARTS) is 1. The topological polar surface area (TPSA) is 78.9 Å². The second-order valence-corrected chi connectivity index (χ2v) is 6.38. The van der Waals surface area contributed by atoms with Crippen LogP contribution in [0.1, 0.15) is 18.9 Å². The first-order valence-corrected chi connectivity index (χ1v) is 7.84. The number of carboxylic acids is 1. The molecule has 1 aromatic rings. The first-order chi connectivity index (χ1) is 12.4. The zero-order chi connectivity index (χ0) is 20.4. The van der Waals surface area contributed by atoms with Crippen molar-refractivity contribution in [3.8, 4) is 5.75 Å². The third-order valence-corrected chi connectivity index (χ3v) is 4.18. The summed E-state index contributed by atoms with van der Waals surface area (Å²) < 4.78 is 68.2. The van der Waals surface area contributed by atoms with Gasteiger partial charge in [0, 0.05) is 18.8 Å². The van der Waals surface area contributed by atoms with Gasteiger partial charge < -0.3 is 20.1 Å². The zero-order valence-electron chi connectivity index (χ0n) is 14.1. The average Bonchev–Trinajstić information content (AvgIpc) is 2.96. The van der Waals surface area contributed by atoms with E-state index in [1.165, 1.54) is 11.8 Å². The minimum atomic E-state index is -4.88. The molecule has 2 amide bonds. The molecule has 0 bridgehead atoms. The summed E-state index contributed by atoms with van der Waals surface area (Å²) in [4.78, 5) is 24.6. The third kappa shape index (κ3) is 4.98. The summed E-state index contributed by atoms with van der Waals surface area (Å²) in [7, 11) is 0. The molecule has 11 heteroatoms. The van der Waals surface area contributed by atoms with E-state index in [4.69, 9.17) is 5.11 Å². The van der Waals surface area contributed by atoms with E-state index in [0.717, 1.165) is 12.1 Å². The molecule has 1 aromatic carbocycles. The van der Waals surface area contributed by atoms with Crippen LogP contribution in [-0.2, 0) is 11.0 Å². The molecule has 0 saturated carbocycles. The van der Waals surface area contributed by atoms with E-state index in [0.29, 0.717) is 6.07 Å². The number of likely N-dealkylation sites (tertiary alicyclic amines) is 1. The Morgan fingerprint density at radius 3 is 2.56 bits per heavy atom. The van der Waals surface area contributed by atoms with Gasteiger partial charge in [0.1, 0.15) is 12.4 Å². The van der Waals surface area contributed by atoms with Crippen molar-refractivity contribution in [2.45, 2.75) is 25.9 Å². The second-order valence-electron chi connectivity index (χ2n) is 6.38. The van der Waals surface area contributed by atoms with E-state index in [-0.39, 0.29) is 25.2 Å². The molecule has 2 N–H and O–H groups in total. The molecule has 0 aromatic heterocycles. The molecule has 1 fully saturated rings. The standard InChI is InChI=1S/C16H17F5N2O4/c1-15(13(24)25)4-5-23(8-15)14(26)22-9-2-3-11(27-7-12(17)18)10(6-9)16(19,20)21/h2-3,6,12H,4-5,7-8H2,1H3,(H,22,26)(H,24,25). The predicted octanol–water partition coefficient (Wildman–Crippen LogP) is 3.68. The number of ether oxygens (including phenoxy) is 1. The van der Waals surface area contributed by atoms with E-state index >= 15 is 0 Å². The van der Waals surface area contributed by atoms with Gasteiger partial charge in [-0.15, -0.1) is 0 Å².